The molecule has 3 atom stereocenters. The first-order valence-electron chi connectivity index (χ1n) is 20.5. The first-order chi connectivity index (χ1) is 27.2. The summed E-state index contributed by atoms with van der Waals surface area (Å²) in [6, 6.07) is 0. The Kier molecular flexibility index (Phi) is 37.5. The summed E-state index contributed by atoms with van der Waals surface area (Å²) in [5, 5.41) is 10.2. The summed E-state index contributed by atoms with van der Waals surface area (Å²) in [4.78, 5) is 34.8. The van der Waals surface area contributed by atoms with Crippen molar-refractivity contribution in [3.63, 3.8) is 0 Å². The second-order valence-electron chi connectivity index (χ2n) is 13.0. The highest BCUT2D eigenvalue weighted by molar-refractivity contribution is 7.47. The van der Waals surface area contributed by atoms with E-state index in [4.69, 9.17) is 24.3 Å². The van der Waals surface area contributed by atoms with Gasteiger partial charge in [0.05, 0.1) is 19.3 Å². The summed E-state index contributed by atoms with van der Waals surface area (Å²) in [5.41, 5.74) is 5.32. The van der Waals surface area contributed by atoms with E-state index in [1.165, 1.54) is 19.3 Å². The van der Waals surface area contributed by atoms with Crippen molar-refractivity contribution in [1.82, 2.24) is 0 Å². The molecule has 10 nitrogen and oxygen atoms in total. The van der Waals surface area contributed by atoms with Crippen LogP contribution in [-0.4, -0.2) is 60.5 Å². The van der Waals surface area contributed by atoms with E-state index in [-0.39, 0.29) is 32.4 Å². The number of aliphatic hydroxyl groups is 1. The van der Waals surface area contributed by atoms with Gasteiger partial charge in [-0.2, -0.15) is 0 Å². The lowest BCUT2D eigenvalue weighted by atomic mass is 10.1. The summed E-state index contributed by atoms with van der Waals surface area (Å²) in [6.45, 7) is 3.22. The van der Waals surface area contributed by atoms with Crippen LogP contribution in [-0.2, 0) is 32.7 Å². The van der Waals surface area contributed by atoms with Gasteiger partial charge in [0.1, 0.15) is 6.61 Å². The topological polar surface area (TPSA) is 155 Å². The molecule has 0 aromatic rings. The molecule has 56 heavy (non-hydrogen) atoms. The number of aliphatic hydroxyl groups excluding tert-OH is 1. The highest BCUT2D eigenvalue weighted by Gasteiger charge is 2.26. The average Bonchev–Trinajstić information content (AvgIpc) is 3.18. The normalized spacial score (nSPS) is 15.0. The number of hydrogen-bond acceptors (Lipinski definition) is 9. The fourth-order valence-electron chi connectivity index (χ4n) is 4.69. The number of carbonyl (C=O) groups is 2. The van der Waals surface area contributed by atoms with Crippen molar-refractivity contribution in [3.8, 4) is 0 Å². The van der Waals surface area contributed by atoms with Crippen LogP contribution >= 0.6 is 7.82 Å². The minimum absolute atomic E-state index is 0.00996. The molecule has 316 valence electrons. The Morgan fingerprint density at radius 1 is 0.643 bits per heavy atom. The molecule has 0 heterocycles. The number of esters is 2. The standard InChI is InChI=1S/C45H72NO9P/c1-3-5-7-9-11-13-15-17-19-21-22-24-26-28-30-32-34-42(47)36-37-44(48)52-40-43(41-54-56(50,51)53-39-38-46)55-45(49)35-33-31-29-27-25-23-20-18-16-14-12-10-8-6-4-2/h5,7,11-14,17-20,22,24-25,27-28,30,32,34,42-43,47H,3-4,6,8-10,15-16,21,23,26,29,31,33,35-41,46H2,1-2H3,(H,50,51)/b7-5-,13-11-,14-12-,19-17-,20-18-,24-22-,27-25-,30-28-,34-32-/t42?,43-/m1/s1. The van der Waals surface area contributed by atoms with Crippen LogP contribution in [0.2, 0.25) is 0 Å². The molecule has 11 heteroatoms. The molecule has 0 fully saturated rings. The van der Waals surface area contributed by atoms with Crippen LogP contribution in [0.4, 0.5) is 0 Å². The maximum atomic E-state index is 12.5. The van der Waals surface area contributed by atoms with Crippen molar-refractivity contribution in [1.29, 1.82) is 0 Å². The molecular formula is C45H72NO9P. The van der Waals surface area contributed by atoms with E-state index in [0.29, 0.717) is 6.42 Å². The third-order valence-corrected chi connectivity index (χ3v) is 8.74. The van der Waals surface area contributed by atoms with E-state index in [9.17, 15) is 24.2 Å². The Balaban J connectivity index is 4.52. The maximum Gasteiger partial charge on any atom is 0.472 e. The maximum absolute atomic E-state index is 12.5. The Bertz CT molecular complexity index is 1300. The number of phosphoric acid groups is 1. The Hall–Kier alpha value is -3.37. The van der Waals surface area contributed by atoms with Crippen LogP contribution in [0.1, 0.15) is 123 Å². The number of hydrogen-bond donors (Lipinski definition) is 3. The Morgan fingerprint density at radius 2 is 1.18 bits per heavy atom. The third kappa shape index (κ3) is 38.9. The summed E-state index contributed by atoms with van der Waals surface area (Å²) in [7, 11) is -4.45. The molecule has 2 unspecified atom stereocenters. The predicted octanol–water partition coefficient (Wildman–Crippen LogP) is 10.6. The van der Waals surface area contributed by atoms with Crippen LogP contribution in [0.3, 0.4) is 0 Å². The molecule has 0 spiro atoms. The first-order valence-corrected chi connectivity index (χ1v) is 22.0. The van der Waals surface area contributed by atoms with Gasteiger partial charge in [-0.15, -0.1) is 0 Å². The van der Waals surface area contributed by atoms with Gasteiger partial charge < -0.3 is 25.2 Å². The largest absolute Gasteiger partial charge is 0.472 e. The smallest absolute Gasteiger partial charge is 0.462 e. The summed E-state index contributed by atoms with van der Waals surface area (Å²) in [5.74, 6) is -1.17. The number of unbranched alkanes of at least 4 members (excludes halogenated alkanes) is 5. The zero-order valence-electron chi connectivity index (χ0n) is 34.2. The van der Waals surface area contributed by atoms with Crippen molar-refractivity contribution < 1.29 is 42.7 Å². The molecule has 0 aromatic carbocycles. The van der Waals surface area contributed by atoms with Gasteiger partial charge in [0.15, 0.2) is 6.10 Å². The van der Waals surface area contributed by atoms with E-state index in [2.05, 4.69) is 98.9 Å². The third-order valence-electron chi connectivity index (χ3n) is 7.76. The molecule has 0 bridgehead atoms. The van der Waals surface area contributed by atoms with Gasteiger partial charge >= 0.3 is 19.8 Å². The molecule has 0 rings (SSSR count). The average molecular weight is 802 g/mol. The summed E-state index contributed by atoms with van der Waals surface area (Å²) >= 11 is 0. The van der Waals surface area contributed by atoms with Crippen molar-refractivity contribution in [2.24, 2.45) is 5.73 Å². The minimum Gasteiger partial charge on any atom is -0.462 e. The number of nitrogens with two attached hydrogens (primary N) is 1. The number of ether oxygens (including phenoxy) is 2. The lowest BCUT2D eigenvalue weighted by Crippen LogP contribution is -2.29. The van der Waals surface area contributed by atoms with Gasteiger partial charge in [0, 0.05) is 19.4 Å². The fourth-order valence-corrected chi connectivity index (χ4v) is 5.45. The van der Waals surface area contributed by atoms with E-state index in [1.54, 1.807) is 12.2 Å². The molecule has 0 amide bonds. The molecule has 0 saturated carbocycles. The zero-order chi connectivity index (χ0) is 41.2. The fraction of sp³-hybridized carbons (Fsp3) is 0.556. The van der Waals surface area contributed by atoms with Gasteiger partial charge in [0.25, 0.3) is 0 Å². The molecule has 0 aliphatic heterocycles. The zero-order valence-corrected chi connectivity index (χ0v) is 35.1. The van der Waals surface area contributed by atoms with E-state index in [1.807, 2.05) is 12.2 Å². The molecule has 4 N–H and O–H groups in total. The van der Waals surface area contributed by atoms with Gasteiger partial charge in [-0.25, -0.2) is 4.57 Å². The SMILES string of the molecule is CC/C=C\C/C=C\C/C=C\C/C=C\C/C=C\C=C/C(O)CCC(=O)OC[C@H](COP(=O)(O)OCCN)OC(=O)CCCC/C=C\C/C=C\C/C=C\CCCCC. The van der Waals surface area contributed by atoms with Crippen molar-refractivity contribution >= 4 is 19.8 Å². The van der Waals surface area contributed by atoms with Crippen LogP contribution in [0.15, 0.2) is 109 Å². The highest BCUT2D eigenvalue weighted by Crippen LogP contribution is 2.43. The van der Waals surface area contributed by atoms with Crippen LogP contribution in [0, 0.1) is 0 Å². The highest BCUT2D eigenvalue weighted by atomic mass is 31.2. The Labute approximate surface area is 338 Å². The van der Waals surface area contributed by atoms with E-state index in [0.717, 1.165) is 64.2 Å². The lowest BCUT2D eigenvalue weighted by Gasteiger charge is -2.20. The van der Waals surface area contributed by atoms with E-state index < -0.39 is 45.2 Å². The predicted molar refractivity (Wildman–Crippen MR) is 230 cm³/mol. The van der Waals surface area contributed by atoms with Gasteiger partial charge in [-0.3, -0.25) is 18.6 Å². The minimum atomic E-state index is -4.45. The number of carbonyl (C=O) groups excluding carboxylic acids is 2. The molecule has 0 aliphatic rings. The van der Waals surface area contributed by atoms with Crippen LogP contribution in [0.25, 0.3) is 0 Å². The summed E-state index contributed by atoms with van der Waals surface area (Å²) < 4.78 is 32.5. The van der Waals surface area contributed by atoms with Crippen molar-refractivity contribution in [2.75, 3.05) is 26.4 Å². The van der Waals surface area contributed by atoms with Gasteiger partial charge in [-0.05, 0) is 83.5 Å². The molecule has 0 aliphatic carbocycles. The summed E-state index contributed by atoms with van der Waals surface area (Å²) in [6.07, 6.45) is 48.8. The monoisotopic (exact) mass is 801 g/mol. The van der Waals surface area contributed by atoms with Crippen molar-refractivity contribution in [3.05, 3.63) is 109 Å². The Morgan fingerprint density at radius 3 is 1.73 bits per heavy atom. The first kappa shape index (κ1) is 52.6. The van der Waals surface area contributed by atoms with E-state index >= 15 is 0 Å². The quantitative estimate of drug-likeness (QED) is 0.0183. The van der Waals surface area contributed by atoms with Crippen LogP contribution in [0.5, 0.6) is 0 Å². The van der Waals surface area contributed by atoms with Crippen LogP contribution < -0.4 is 5.73 Å². The molecule has 0 radical (unpaired) electrons. The second-order valence-corrected chi connectivity index (χ2v) is 14.4. The number of rotatable bonds is 36. The van der Waals surface area contributed by atoms with Crippen molar-refractivity contribution in [2.45, 2.75) is 135 Å². The molecule has 0 aromatic heterocycles. The van der Waals surface area contributed by atoms with Gasteiger partial charge in [0.2, 0.25) is 0 Å². The number of allylic oxidation sites excluding steroid dienone is 17. The number of phosphoric ester groups is 1. The lowest BCUT2D eigenvalue weighted by molar-refractivity contribution is -0.161. The molecule has 0 saturated heterocycles. The van der Waals surface area contributed by atoms with Gasteiger partial charge in [-0.1, -0.05) is 136 Å². The second kappa shape index (κ2) is 39.8. The molecular weight excluding hydrogens is 729 g/mol.